The third-order valence-corrected chi connectivity index (χ3v) is 2.44. The summed E-state index contributed by atoms with van der Waals surface area (Å²) in [7, 11) is 0. The van der Waals surface area contributed by atoms with Crippen molar-refractivity contribution in [2.45, 2.75) is 0 Å². The third kappa shape index (κ3) is 2.71. The molecule has 1 amide bonds. The van der Waals surface area contributed by atoms with E-state index in [-0.39, 0.29) is 11.4 Å². The molecule has 0 aliphatic carbocycles. The van der Waals surface area contributed by atoms with Gasteiger partial charge < -0.3 is 10.4 Å². The molecule has 7 heteroatoms. The molecule has 0 heterocycles. The first-order valence-corrected chi connectivity index (χ1v) is 5.33. The maximum absolute atomic E-state index is 13.4. The fourth-order valence-electron chi connectivity index (χ4n) is 1.51. The van der Waals surface area contributed by atoms with Crippen molar-refractivity contribution in [1.29, 1.82) is 0 Å². The van der Waals surface area contributed by atoms with Crippen LogP contribution in [0.5, 0.6) is 5.75 Å². The second-order valence-corrected chi connectivity index (χ2v) is 3.87. The highest BCUT2D eigenvalue weighted by Crippen LogP contribution is 2.20. The predicted molar refractivity (Wildman–Crippen MR) is 62.3 cm³/mol. The minimum Gasteiger partial charge on any atom is -0.508 e. The van der Waals surface area contributed by atoms with Crippen molar-refractivity contribution in [3.8, 4) is 5.75 Å². The Labute approximate surface area is 110 Å². The Bertz CT molecular complexity index is 665. The highest BCUT2D eigenvalue weighted by molar-refractivity contribution is 6.04. The average molecular weight is 285 g/mol. The van der Waals surface area contributed by atoms with Crippen LogP contribution in [0.3, 0.4) is 0 Å². The summed E-state index contributed by atoms with van der Waals surface area (Å²) in [5.74, 6) is -7.01. The van der Waals surface area contributed by atoms with E-state index in [1.54, 1.807) is 0 Å². The molecule has 0 aliphatic rings. The van der Waals surface area contributed by atoms with Gasteiger partial charge in [0.05, 0.1) is 5.56 Å². The number of phenolic OH excluding ortho intramolecular Hbond substituents is 1. The molecule has 0 aromatic heterocycles. The zero-order chi connectivity index (χ0) is 14.9. The molecular formula is C13H7F4NO2. The standard InChI is InChI=1S/C13H7F4NO2/c14-9-5-7(19)1-2-8(9)13(20)18-6-3-10(15)12(17)11(16)4-6/h1-5,19H,(H,18,20). The molecule has 2 aromatic rings. The van der Waals surface area contributed by atoms with Gasteiger partial charge in [0.2, 0.25) is 0 Å². The number of halogens is 4. The number of phenols is 1. The van der Waals surface area contributed by atoms with Crippen molar-refractivity contribution in [3.63, 3.8) is 0 Å². The number of amides is 1. The second-order valence-electron chi connectivity index (χ2n) is 3.87. The van der Waals surface area contributed by atoms with Crippen molar-refractivity contribution in [1.82, 2.24) is 0 Å². The number of carbonyl (C=O) groups is 1. The van der Waals surface area contributed by atoms with Crippen LogP contribution in [0.25, 0.3) is 0 Å². The van der Waals surface area contributed by atoms with Gasteiger partial charge in [-0.3, -0.25) is 4.79 Å². The Balaban J connectivity index is 2.28. The topological polar surface area (TPSA) is 49.3 Å². The van der Waals surface area contributed by atoms with Gasteiger partial charge in [-0.2, -0.15) is 0 Å². The number of anilines is 1. The number of nitrogens with one attached hydrogen (secondary N) is 1. The zero-order valence-electron chi connectivity index (χ0n) is 9.75. The molecule has 2 rings (SSSR count). The van der Waals surface area contributed by atoms with Gasteiger partial charge in [0.25, 0.3) is 5.91 Å². The van der Waals surface area contributed by atoms with E-state index >= 15 is 0 Å². The van der Waals surface area contributed by atoms with Crippen LogP contribution in [-0.4, -0.2) is 11.0 Å². The van der Waals surface area contributed by atoms with E-state index in [4.69, 9.17) is 5.11 Å². The van der Waals surface area contributed by atoms with Crippen molar-refractivity contribution in [2.75, 3.05) is 5.32 Å². The quantitative estimate of drug-likeness (QED) is 0.657. The predicted octanol–water partition coefficient (Wildman–Crippen LogP) is 3.20. The Morgan fingerprint density at radius 3 is 2.10 bits per heavy atom. The van der Waals surface area contributed by atoms with Crippen LogP contribution in [0.1, 0.15) is 10.4 Å². The normalized spacial score (nSPS) is 10.4. The Hall–Kier alpha value is -2.57. The van der Waals surface area contributed by atoms with E-state index in [9.17, 15) is 22.4 Å². The van der Waals surface area contributed by atoms with Crippen LogP contribution < -0.4 is 5.32 Å². The van der Waals surface area contributed by atoms with Crippen LogP contribution in [0.15, 0.2) is 30.3 Å². The van der Waals surface area contributed by atoms with Crippen molar-refractivity contribution in [2.24, 2.45) is 0 Å². The van der Waals surface area contributed by atoms with Crippen LogP contribution >= 0.6 is 0 Å². The number of aromatic hydroxyl groups is 1. The highest BCUT2D eigenvalue weighted by Gasteiger charge is 2.15. The maximum Gasteiger partial charge on any atom is 0.258 e. The fourth-order valence-corrected chi connectivity index (χ4v) is 1.51. The lowest BCUT2D eigenvalue weighted by Gasteiger charge is -2.07. The summed E-state index contributed by atoms with van der Waals surface area (Å²) in [5.41, 5.74) is -0.799. The van der Waals surface area contributed by atoms with Crippen LogP contribution in [-0.2, 0) is 0 Å². The molecule has 0 atom stereocenters. The summed E-state index contributed by atoms with van der Waals surface area (Å²) in [6.45, 7) is 0. The van der Waals surface area contributed by atoms with Crippen LogP contribution in [0.4, 0.5) is 23.2 Å². The number of hydrogen-bond donors (Lipinski definition) is 2. The molecule has 0 unspecified atom stereocenters. The Morgan fingerprint density at radius 1 is 0.950 bits per heavy atom. The van der Waals surface area contributed by atoms with E-state index in [2.05, 4.69) is 0 Å². The minimum absolute atomic E-state index is 0.362. The van der Waals surface area contributed by atoms with Gasteiger partial charge in [-0.25, -0.2) is 17.6 Å². The lowest BCUT2D eigenvalue weighted by molar-refractivity contribution is 0.102. The van der Waals surface area contributed by atoms with Crippen LogP contribution in [0.2, 0.25) is 0 Å². The molecular weight excluding hydrogens is 278 g/mol. The number of carbonyl (C=O) groups excluding carboxylic acids is 1. The van der Waals surface area contributed by atoms with Gasteiger partial charge in [0.1, 0.15) is 11.6 Å². The van der Waals surface area contributed by atoms with Crippen LogP contribution in [0, 0.1) is 23.3 Å². The van der Waals surface area contributed by atoms with E-state index < -0.39 is 34.7 Å². The third-order valence-electron chi connectivity index (χ3n) is 2.44. The zero-order valence-corrected chi connectivity index (χ0v) is 9.75. The number of benzene rings is 2. The van der Waals surface area contributed by atoms with Crippen molar-refractivity contribution < 1.29 is 27.5 Å². The van der Waals surface area contributed by atoms with E-state index in [1.807, 2.05) is 5.32 Å². The summed E-state index contributed by atoms with van der Waals surface area (Å²) in [5, 5.41) is 11.0. The van der Waals surface area contributed by atoms with E-state index in [0.717, 1.165) is 12.1 Å². The lowest BCUT2D eigenvalue weighted by Crippen LogP contribution is -2.14. The first-order valence-electron chi connectivity index (χ1n) is 5.33. The fraction of sp³-hybridized carbons (Fsp3) is 0. The molecule has 0 aliphatic heterocycles. The summed E-state index contributed by atoms with van der Waals surface area (Å²) < 4.78 is 52.0. The molecule has 2 N–H and O–H groups in total. The number of rotatable bonds is 2. The lowest BCUT2D eigenvalue weighted by atomic mass is 10.2. The maximum atomic E-state index is 13.4. The van der Waals surface area contributed by atoms with Crippen molar-refractivity contribution >= 4 is 11.6 Å². The molecule has 20 heavy (non-hydrogen) atoms. The summed E-state index contributed by atoms with van der Waals surface area (Å²) in [6, 6.07) is 3.91. The number of hydrogen-bond acceptors (Lipinski definition) is 2. The van der Waals surface area contributed by atoms with Gasteiger partial charge in [-0.15, -0.1) is 0 Å². The van der Waals surface area contributed by atoms with Gasteiger partial charge in [0, 0.05) is 23.9 Å². The minimum atomic E-state index is -1.67. The second kappa shape index (κ2) is 5.20. The van der Waals surface area contributed by atoms with Gasteiger partial charge in [0.15, 0.2) is 17.5 Å². The van der Waals surface area contributed by atoms with E-state index in [0.29, 0.717) is 18.2 Å². The SMILES string of the molecule is O=C(Nc1cc(F)c(F)c(F)c1)c1ccc(O)cc1F. The largest absolute Gasteiger partial charge is 0.508 e. The average Bonchev–Trinajstić information content (AvgIpc) is 2.35. The van der Waals surface area contributed by atoms with E-state index in [1.165, 1.54) is 0 Å². The summed E-state index contributed by atoms with van der Waals surface area (Å²) in [4.78, 5) is 11.7. The molecule has 0 fully saturated rings. The molecule has 0 radical (unpaired) electrons. The molecule has 3 nitrogen and oxygen atoms in total. The highest BCUT2D eigenvalue weighted by atomic mass is 19.2. The van der Waals surface area contributed by atoms with Gasteiger partial charge in [-0.1, -0.05) is 0 Å². The smallest absolute Gasteiger partial charge is 0.258 e. The Morgan fingerprint density at radius 2 is 1.55 bits per heavy atom. The molecule has 0 saturated heterocycles. The molecule has 2 aromatic carbocycles. The van der Waals surface area contributed by atoms with Gasteiger partial charge >= 0.3 is 0 Å². The summed E-state index contributed by atoms with van der Waals surface area (Å²) in [6.07, 6.45) is 0. The molecule has 0 saturated carbocycles. The van der Waals surface area contributed by atoms with Gasteiger partial charge in [-0.05, 0) is 12.1 Å². The van der Waals surface area contributed by atoms with Crippen molar-refractivity contribution in [3.05, 3.63) is 59.2 Å². The first kappa shape index (κ1) is 13.9. The Kier molecular flexibility index (Phi) is 3.60. The molecule has 104 valence electrons. The first-order chi connectivity index (χ1) is 9.38. The monoisotopic (exact) mass is 285 g/mol. The molecule has 0 bridgehead atoms. The molecule has 0 spiro atoms. The summed E-state index contributed by atoms with van der Waals surface area (Å²) >= 11 is 0.